The fraction of sp³-hybridized carbons (Fsp3) is 0.250. The Morgan fingerprint density at radius 2 is 2.00 bits per heavy atom. The minimum Gasteiger partial charge on any atom is -0.466 e. The summed E-state index contributed by atoms with van der Waals surface area (Å²) >= 11 is 3.32. The number of carbonyl (C=O) groups is 1. The van der Waals surface area contributed by atoms with Gasteiger partial charge in [-0.1, -0.05) is 15.9 Å². The lowest BCUT2D eigenvalue weighted by atomic mass is 10.3. The number of methoxy groups -OCH3 is 1. The molecule has 1 aromatic rings. The van der Waals surface area contributed by atoms with E-state index in [4.69, 9.17) is 9.47 Å². The number of ether oxygens (including phenoxy) is 3. The van der Waals surface area contributed by atoms with Crippen molar-refractivity contribution in [3.63, 3.8) is 0 Å². The Bertz CT molecular complexity index is 397. The van der Waals surface area contributed by atoms with Gasteiger partial charge in [-0.3, -0.25) is 0 Å². The van der Waals surface area contributed by atoms with Crippen LogP contribution in [0.4, 0.5) is 0 Å². The molecule has 4 nitrogen and oxygen atoms in total. The van der Waals surface area contributed by atoms with E-state index >= 15 is 0 Å². The van der Waals surface area contributed by atoms with Crippen LogP contribution in [0.2, 0.25) is 0 Å². The highest BCUT2D eigenvalue weighted by Gasteiger charge is 2.02. The van der Waals surface area contributed by atoms with Crippen LogP contribution in [0.15, 0.2) is 40.6 Å². The lowest BCUT2D eigenvalue weighted by molar-refractivity contribution is -0.136. The molecule has 0 aliphatic carbocycles. The SMILES string of the molecule is COC(=O)C(C)=COCOc1ccc(Br)cc1. The molecule has 0 atom stereocenters. The van der Waals surface area contributed by atoms with Gasteiger partial charge < -0.3 is 14.2 Å². The van der Waals surface area contributed by atoms with Gasteiger partial charge in [-0.25, -0.2) is 4.79 Å². The Hall–Kier alpha value is -1.49. The van der Waals surface area contributed by atoms with Crippen molar-refractivity contribution < 1.29 is 19.0 Å². The topological polar surface area (TPSA) is 44.8 Å². The van der Waals surface area contributed by atoms with Crippen LogP contribution in [0.5, 0.6) is 5.75 Å². The maximum Gasteiger partial charge on any atom is 0.336 e. The predicted molar refractivity (Wildman–Crippen MR) is 66.5 cm³/mol. The summed E-state index contributed by atoms with van der Waals surface area (Å²) in [5, 5.41) is 0. The summed E-state index contributed by atoms with van der Waals surface area (Å²) in [6.45, 7) is 1.64. The van der Waals surface area contributed by atoms with Crippen molar-refractivity contribution in [2.45, 2.75) is 6.92 Å². The average molecular weight is 301 g/mol. The Morgan fingerprint density at radius 1 is 1.35 bits per heavy atom. The van der Waals surface area contributed by atoms with Gasteiger partial charge in [-0.05, 0) is 31.2 Å². The third-order valence-electron chi connectivity index (χ3n) is 1.87. The Labute approximate surface area is 108 Å². The van der Waals surface area contributed by atoms with Crippen molar-refractivity contribution in [2.75, 3.05) is 13.9 Å². The molecule has 0 N–H and O–H groups in total. The van der Waals surface area contributed by atoms with E-state index in [-0.39, 0.29) is 6.79 Å². The van der Waals surface area contributed by atoms with Gasteiger partial charge in [0.05, 0.1) is 18.9 Å². The third kappa shape index (κ3) is 4.91. The number of benzene rings is 1. The quantitative estimate of drug-likeness (QED) is 0.276. The van der Waals surface area contributed by atoms with Gasteiger partial charge in [0.2, 0.25) is 6.79 Å². The molecule has 17 heavy (non-hydrogen) atoms. The Morgan fingerprint density at radius 3 is 2.59 bits per heavy atom. The van der Waals surface area contributed by atoms with Gasteiger partial charge >= 0.3 is 5.97 Å². The van der Waals surface area contributed by atoms with Crippen molar-refractivity contribution in [3.05, 3.63) is 40.6 Å². The zero-order valence-corrected chi connectivity index (χ0v) is 11.2. The fourth-order valence-electron chi connectivity index (χ4n) is 1.00. The molecule has 0 aliphatic rings. The van der Waals surface area contributed by atoms with Crippen molar-refractivity contribution in [1.82, 2.24) is 0 Å². The van der Waals surface area contributed by atoms with Gasteiger partial charge in [-0.15, -0.1) is 0 Å². The molecule has 0 aromatic heterocycles. The molecular weight excluding hydrogens is 288 g/mol. The van der Waals surface area contributed by atoms with Crippen LogP contribution in [0, 0.1) is 0 Å². The summed E-state index contributed by atoms with van der Waals surface area (Å²) in [5.74, 6) is 0.269. The molecule has 1 rings (SSSR count). The molecule has 0 spiro atoms. The van der Waals surface area contributed by atoms with Crippen molar-refractivity contribution in [1.29, 1.82) is 0 Å². The molecule has 0 bridgehead atoms. The van der Waals surface area contributed by atoms with Crippen LogP contribution in [-0.4, -0.2) is 19.9 Å². The van der Waals surface area contributed by atoms with Gasteiger partial charge in [0.25, 0.3) is 0 Å². The summed E-state index contributed by atoms with van der Waals surface area (Å²) in [5.41, 5.74) is 0.381. The molecule has 0 aliphatic heterocycles. The number of esters is 1. The zero-order chi connectivity index (χ0) is 12.7. The molecule has 0 saturated carbocycles. The molecule has 0 heterocycles. The minimum absolute atomic E-state index is 0.0377. The van der Waals surface area contributed by atoms with E-state index < -0.39 is 5.97 Å². The third-order valence-corrected chi connectivity index (χ3v) is 2.40. The van der Waals surface area contributed by atoms with Crippen LogP contribution in [0.1, 0.15) is 6.92 Å². The highest BCUT2D eigenvalue weighted by molar-refractivity contribution is 9.10. The first kappa shape index (κ1) is 13.6. The van der Waals surface area contributed by atoms with Gasteiger partial charge in [0.15, 0.2) is 0 Å². The van der Waals surface area contributed by atoms with E-state index in [9.17, 15) is 4.79 Å². The van der Waals surface area contributed by atoms with E-state index in [0.717, 1.165) is 4.47 Å². The standard InChI is InChI=1S/C12H13BrO4/c1-9(12(14)15-2)7-16-8-17-11-5-3-10(13)4-6-11/h3-7H,8H2,1-2H3. The summed E-state index contributed by atoms with van der Waals surface area (Å²) < 4.78 is 15.8. The Kier molecular flexibility index (Phi) is 5.56. The average Bonchev–Trinajstić information content (AvgIpc) is 2.35. The van der Waals surface area contributed by atoms with E-state index in [0.29, 0.717) is 11.3 Å². The molecular formula is C12H13BrO4. The molecule has 1 aromatic carbocycles. The maximum atomic E-state index is 11.0. The number of hydrogen-bond donors (Lipinski definition) is 0. The van der Waals surface area contributed by atoms with Crippen LogP contribution < -0.4 is 4.74 Å². The largest absolute Gasteiger partial charge is 0.466 e. The van der Waals surface area contributed by atoms with Crippen LogP contribution >= 0.6 is 15.9 Å². The zero-order valence-electron chi connectivity index (χ0n) is 9.60. The number of carbonyl (C=O) groups excluding carboxylic acids is 1. The number of hydrogen-bond acceptors (Lipinski definition) is 4. The number of rotatable bonds is 5. The second kappa shape index (κ2) is 6.96. The minimum atomic E-state index is -0.423. The van der Waals surface area contributed by atoms with E-state index in [1.54, 1.807) is 6.92 Å². The predicted octanol–water partition coefficient (Wildman–Crippen LogP) is 2.88. The van der Waals surface area contributed by atoms with Crippen LogP contribution in [-0.2, 0) is 14.3 Å². The highest BCUT2D eigenvalue weighted by atomic mass is 79.9. The van der Waals surface area contributed by atoms with Crippen molar-refractivity contribution >= 4 is 21.9 Å². The first-order valence-electron chi connectivity index (χ1n) is 4.88. The second-order valence-corrected chi connectivity index (χ2v) is 4.09. The molecule has 0 unspecified atom stereocenters. The molecule has 0 saturated heterocycles. The summed E-state index contributed by atoms with van der Waals surface area (Å²) in [6, 6.07) is 7.35. The first-order chi connectivity index (χ1) is 8.13. The number of halogens is 1. The smallest absolute Gasteiger partial charge is 0.336 e. The van der Waals surface area contributed by atoms with Gasteiger partial charge in [0.1, 0.15) is 5.75 Å². The van der Waals surface area contributed by atoms with E-state index in [2.05, 4.69) is 20.7 Å². The maximum absolute atomic E-state index is 11.0. The van der Waals surface area contributed by atoms with Gasteiger partial charge in [-0.2, -0.15) is 0 Å². The molecule has 92 valence electrons. The van der Waals surface area contributed by atoms with E-state index in [1.165, 1.54) is 13.4 Å². The molecule has 5 heteroatoms. The molecule has 0 fully saturated rings. The second-order valence-electron chi connectivity index (χ2n) is 3.18. The van der Waals surface area contributed by atoms with Gasteiger partial charge in [0, 0.05) is 4.47 Å². The summed E-state index contributed by atoms with van der Waals surface area (Å²) in [4.78, 5) is 11.0. The highest BCUT2D eigenvalue weighted by Crippen LogP contribution is 2.15. The summed E-state index contributed by atoms with van der Waals surface area (Å²) in [6.07, 6.45) is 1.31. The van der Waals surface area contributed by atoms with Crippen molar-refractivity contribution in [2.24, 2.45) is 0 Å². The van der Waals surface area contributed by atoms with Crippen LogP contribution in [0.25, 0.3) is 0 Å². The lowest BCUT2D eigenvalue weighted by Gasteiger charge is -2.06. The normalized spacial score (nSPS) is 10.9. The van der Waals surface area contributed by atoms with Crippen LogP contribution in [0.3, 0.4) is 0 Å². The summed E-state index contributed by atoms with van der Waals surface area (Å²) in [7, 11) is 1.32. The first-order valence-corrected chi connectivity index (χ1v) is 5.68. The lowest BCUT2D eigenvalue weighted by Crippen LogP contribution is -2.04. The fourth-order valence-corrected chi connectivity index (χ4v) is 1.27. The Balaban J connectivity index is 2.33. The molecule has 0 amide bonds. The molecule has 0 radical (unpaired) electrons. The van der Waals surface area contributed by atoms with E-state index in [1.807, 2.05) is 24.3 Å². The monoisotopic (exact) mass is 300 g/mol. The van der Waals surface area contributed by atoms with Crippen molar-refractivity contribution in [3.8, 4) is 5.75 Å².